The lowest BCUT2D eigenvalue weighted by Gasteiger charge is -2.23. The van der Waals surface area contributed by atoms with Gasteiger partial charge >= 0.3 is 0 Å². The number of aromatic nitrogens is 2. The van der Waals surface area contributed by atoms with Gasteiger partial charge in [-0.05, 0) is 55.5 Å². The van der Waals surface area contributed by atoms with E-state index < -0.39 is 30.8 Å². The molecule has 1 aliphatic heterocycles. The predicted molar refractivity (Wildman–Crippen MR) is 96.3 cm³/mol. The Balaban J connectivity index is 1.47. The number of nitrogens with zero attached hydrogens (tertiary/aromatic N) is 3. The SMILES string of the molecule is CCn1ccc(C(=O)N2CC(F)(F)C[C@H]2COc2ccc3c(c2)CCC3)n1. The Kier molecular flexibility index (Phi) is 4.61. The molecule has 4 rings (SSSR count). The molecule has 1 amide bonds. The van der Waals surface area contributed by atoms with E-state index in [0.717, 1.165) is 19.3 Å². The van der Waals surface area contributed by atoms with Crippen molar-refractivity contribution < 1.29 is 18.3 Å². The van der Waals surface area contributed by atoms with E-state index in [1.165, 1.54) is 16.0 Å². The summed E-state index contributed by atoms with van der Waals surface area (Å²) in [6.07, 6.45) is 4.53. The quantitative estimate of drug-likeness (QED) is 0.806. The standard InChI is InChI=1S/C20H23F2N3O2/c1-2-24-9-8-18(23-24)19(26)25-13-20(21,22)11-16(25)12-27-17-7-6-14-4-3-5-15(14)10-17/h6-10,16H,2-5,11-13H2,1H3/t16-/m0/s1. The third kappa shape index (κ3) is 3.68. The van der Waals surface area contributed by atoms with Crippen molar-refractivity contribution in [1.82, 2.24) is 14.7 Å². The Bertz CT molecular complexity index is 850. The van der Waals surface area contributed by atoms with Crippen LogP contribution in [-0.2, 0) is 19.4 Å². The summed E-state index contributed by atoms with van der Waals surface area (Å²) in [7, 11) is 0. The number of amides is 1. The van der Waals surface area contributed by atoms with Crippen LogP contribution in [-0.4, -0.2) is 45.7 Å². The number of carbonyl (C=O) groups excluding carboxylic acids is 1. The molecule has 2 heterocycles. The molecule has 7 heteroatoms. The molecule has 0 saturated carbocycles. The van der Waals surface area contributed by atoms with E-state index in [9.17, 15) is 13.6 Å². The normalized spacial score (nSPS) is 20.7. The van der Waals surface area contributed by atoms with Crippen LogP contribution in [0.1, 0.15) is 41.4 Å². The third-order valence-electron chi connectivity index (χ3n) is 5.33. The van der Waals surface area contributed by atoms with Gasteiger partial charge in [-0.2, -0.15) is 5.10 Å². The van der Waals surface area contributed by atoms with Crippen LogP contribution in [0.5, 0.6) is 5.75 Å². The molecular weight excluding hydrogens is 352 g/mol. The van der Waals surface area contributed by atoms with Crippen LogP contribution in [0.25, 0.3) is 0 Å². The van der Waals surface area contributed by atoms with Gasteiger partial charge in [0.05, 0.1) is 12.6 Å². The number of ether oxygens (including phenoxy) is 1. The van der Waals surface area contributed by atoms with E-state index in [1.807, 2.05) is 25.1 Å². The maximum Gasteiger partial charge on any atom is 0.274 e. The third-order valence-corrected chi connectivity index (χ3v) is 5.33. The van der Waals surface area contributed by atoms with Crippen molar-refractivity contribution in [3.8, 4) is 5.75 Å². The molecule has 2 aliphatic rings. The average molecular weight is 375 g/mol. The van der Waals surface area contributed by atoms with Crippen molar-refractivity contribution in [2.45, 2.75) is 51.1 Å². The first-order valence-corrected chi connectivity index (χ1v) is 9.42. The number of rotatable bonds is 5. The Labute approximate surface area is 156 Å². The van der Waals surface area contributed by atoms with E-state index in [-0.39, 0.29) is 12.3 Å². The van der Waals surface area contributed by atoms with Crippen molar-refractivity contribution in [2.24, 2.45) is 0 Å². The van der Waals surface area contributed by atoms with Gasteiger partial charge in [0.2, 0.25) is 0 Å². The molecule has 1 fully saturated rings. The van der Waals surface area contributed by atoms with Crippen LogP contribution in [0, 0.1) is 0 Å². The van der Waals surface area contributed by atoms with Gasteiger partial charge in [-0.3, -0.25) is 9.48 Å². The van der Waals surface area contributed by atoms with Crippen LogP contribution < -0.4 is 4.74 Å². The number of benzene rings is 1. The molecule has 1 aromatic heterocycles. The highest BCUT2D eigenvalue weighted by Gasteiger charge is 2.47. The molecule has 2 aromatic rings. The molecule has 0 unspecified atom stereocenters. The van der Waals surface area contributed by atoms with Gasteiger partial charge in [0.15, 0.2) is 0 Å². The van der Waals surface area contributed by atoms with Crippen LogP contribution in [0.2, 0.25) is 0 Å². The predicted octanol–water partition coefficient (Wildman–Crippen LogP) is 3.32. The largest absolute Gasteiger partial charge is 0.491 e. The lowest BCUT2D eigenvalue weighted by Crippen LogP contribution is -2.39. The van der Waals surface area contributed by atoms with Crippen LogP contribution in [0.3, 0.4) is 0 Å². The number of carbonyl (C=O) groups is 1. The summed E-state index contributed by atoms with van der Waals surface area (Å²) < 4.78 is 35.5. The first-order valence-electron chi connectivity index (χ1n) is 9.42. The summed E-state index contributed by atoms with van der Waals surface area (Å²) in [4.78, 5) is 13.9. The average Bonchev–Trinajstić information content (AvgIpc) is 3.36. The molecule has 1 saturated heterocycles. The van der Waals surface area contributed by atoms with Crippen molar-refractivity contribution >= 4 is 5.91 Å². The molecule has 5 nitrogen and oxygen atoms in total. The van der Waals surface area contributed by atoms with Gasteiger partial charge in [0, 0.05) is 19.2 Å². The Morgan fingerprint density at radius 1 is 1.30 bits per heavy atom. The molecule has 0 radical (unpaired) electrons. The molecule has 1 atom stereocenters. The number of hydrogen-bond donors (Lipinski definition) is 0. The lowest BCUT2D eigenvalue weighted by molar-refractivity contribution is 0.0115. The van der Waals surface area contributed by atoms with Gasteiger partial charge < -0.3 is 9.64 Å². The number of likely N-dealkylation sites (tertiary alicyclic amines) is 1. The number of aryl methyl sites for hydroxylation is 3. The van der Waals surface area contributed by atoms with Crippen molar-refractivity contribution in [1.29, 1.82) is 0 Å². The number of halogens is 2. The van der Waals surface area contributed by atoms with Crippen LogP contribution >= 0.6 is 0 Å². The molecule has 27 heavy (non-hydrogen) atoms. The second kappa shape index (κ2) is 6.94. The Morgan fingerprint density at radius 2 is 2.11 bits per heavy atom. The van der Waals surface area contributed by atoms with Gasteiger partial charge in [-0.1, -0.05) is 6.07 Å². The summed E-state index contributed by atoms with van der Waals surface area (Å²) in [5.41, 5.74) is 2.79. The van der Waals surface area contributed by atoms with E-state index in [2.05, 4.69) is 5.10 Å². The fraction of sp³-hybridized carbons (Fsp3) is 0.500. The second-order valence-electron chi connectivity index (χ2n) is 7.30. The molecule has 1 aliphatic carbocycles. The van der Waals surface area contributed by atoms with E-state index >= 15 is 0 Å². The maximum atomic E-state index is 14.0. The lowest BCUT2D eigenvalue weighted by atomic mass is 10.1. The van der Waals surface area contributed by atoms with Crippen LogP contribution in [0.15, 0.2) is 30.5 Å². The summed E-state index contributed by atoms with van der Waals surface area (Å²) in [5.74, 6) is -2.70. The highest BCUT2D eigenvalue weighted by molar-refractivity contribution is 5.92. The van der Waals surface area contributed by atoms with E-state index in [1.54, 1.807) is 16.9 Å². The molecule has 0 bridgehead atoms. The maximum absolute atomic E-state index is 14.0. The van der Waals surface area contributed by atoms with Gasteiger partial charge in [0.1, 0.15) is 18.1 Å². The number of hydrogen-bond acceptors (Lipinski definition) is 3. The summed E-state index contributed by atoms with van der Waals surface area (Å²) >= 11 is 0. The summed E-state index contributed by atoms with van der Waals surface area (Å²) in [6.45, 7) is 1.98. The molecule has 0 spiro atoms. The van der Waals surface area contributed by atoms with Gasteiger partial charge in [0.25, 0.3) is 11.8 Å². The van der Waals surface area contributed by atoms with Gasteiger partial charge in [-0.15, -0.1) is 0 Å². The first-order chi connectivity index (χ1) is 12.9. The second-order valence-corrected chi connectivity index (χ2v) is 7.30. The van der Waals surface area contributed by atoms with E-state index in [4.69, 9.17) is 4.74 Å². The number of alkyl halides is 2. The smallest absolute Gasteiger partial charge is 0.274 e. The molecular formula is C20H23F2N3O2. The van der Waals surface area contributed by atoms with Crippen LogP contribution in [0.4, 0.5) is 8.78 Å². The van der Waals surface area contributed by atoms with E-state index in [0.29, 0.717) is 12.3 Å². The first kappa shape index (κ1) is 17.9. The summed E-state index contributed by atoms with van der Waals surface area (Å²) in [5, 5.41) is 4.15. The fourth-order valence-corrected chi connectivity index (χ4v) is 3.91. The van der Waals surface area contributed by atoms with Gasteiger partial charge in [-0.25, -0.2) is 8.78 Å². The Morgan fingerprint density at radius 3 is 2.89 bits per heavy atom. The minimum Gasteiger partial charge on any atom is -0.491 e. The molecule has 144 valence electrons. The zero-order valence-electron chi connectivity index (χ0n) is 15.3. The zero-order valence-corrected chi connectivity index (χ0v) is 15.3. The van der Waals surface area contributed by atoms with Crippen molar-refractivity contribution in [3.63, 3.8) is 0 Å². The van der Waals surface area contributed by atoms with Crippen molar-refractivity contribution in [2.75, 3.05) is 13.2 Å². The zero-order chi connectivity index (χ0) is 19.0. The fourth-order valence-electron chi connectivity index (χ4n) is 3.91. The molecule has 1 aromatic carbocycles. The highest BCUT2D eigenvalue weighted by Crippen LogP contribution is 2.34. The number of fused-ring (bicyclic) bond motifs is 1. The Hall–Kier alpha value is -2.44. The minimum atomic E-state index is -2.91. The topological polar surface area (TPSA) is 47.4 Å². The van der Waals surface area contributed by atoms with Crippen molar-refractivity contribution in [3.05, 3.63) is 47.3 Å². The minimum absolute atomic E-state index is 0.0502. The summed E-state index contributed by atoms with van der Waals surface area (Å²) in [6, 6.07) is 6.81. The molecule has 0 N–H and O–H groups in total. The monoisotopic (exact) mass is 375 g/mol. The highest BCUT2D eigenvalue weighted by atomic mass is 19.3.